The first-order valence-corrected chi connectivity index (χ1v) is 4.28. The van der Waals surface area contributed by atoms with Crippen molar-refractivity contribution in [2.75, 3.05) is 6.54 Å². The molecule has 0 radical (unpaired) electrons. The molecule has 0 aliphatic carbocycles. The number of aryl methyl sites for hydroxylation is 1. The first-order valence-electron chi connectivity index (χ1n) is 4.28. The molecule has 2 N–H and O–H groups in total. The summed E-state index contributed by atoms with van der Waals surface area (Å²) in [6, 6.07) is 0. The predicted molar refractivity (Wildman–Crippen MR) is 52.1 cm³/mol. The highest BCUT2D eigenvalue weighted by Crippen LogP contribution is 2.20. The van der Waals surface area contributed by atoms with E-state index in [-0.39, 0.29) is 5.41 Å². The summed E-state index contributed by atoms with van der Waals surface area (Å²) in [6.07, 6.45) is 4.21. The van der Waals surface area contributed by atoms with Crippen LogP contribution in [0.15, 0.2) is 19.0 Å². The Morgan fingerprint density at radius 3 is 2.85 bits per heavy atom. The molecule has 1 unspecified atom stereocenters. The van der Waals surface area contributed by atoms with E-state index < -0.39 is 0 Å². The third-order valence-corrected chi connectivity index (χ3v) is 2.33. The highest BCUT2D eigenvalue weighted by Gasteiger charge is 2.20. The summed E-state index contributed by atoms with van der Waals surface area (Å²) >= 11 is 0. The normalized spacial score (nSPS) is 15.3. The van der Waals surface area contributed by atoms with Crippen molar-refractivity contribution in [2.24, 2.45) is 18.2 Å². The van der Waals surface area contributed by atoms with E-state index in [1.807, 2.05) is 13.1 Å². The van der Waals surface area contributed by atoms with Gasteiger partial charge in [0.05, 0.1) is 0 Å². The molecule has 0 fully saturated rings. The highest BCUT2D eigenvalue weighted by molar-refractivity contribution is 5.00. The predicted octanol–water partition coefficient (Wildman–Crippen LogP) is 0.509. The van der Waals surface area contributed by atoms with Gasteiger partial charge < -0.3 is 5.73 Å². The molecule has 1 atom stereocenters. The van der Waals surface area contributed by atoms with Gasteiger partial charge in [0, 0.05) is 25.4 Å². The minimum Gasteiger partial charge on any atom is -0.330 e. The SMILES string of the molecule is C=CC(C)(CN)Cc1ncnn1C. The van der Waals surface area contributed by atoms with Crippen molar-refractivity contribution in [1.82, 2.24) is 14.8 Å². The summed E-state index contributed by atoms with van der Waals surface area (Å²) in [6.45, 7) is 6.41. The lowest BCUT2D eigenvalue weighted by molar-refractivity contribution is 0.418. The summed E-state index contributed by atoms with van der Waals surface area (Å²) in [5, 5.41) is 4.00. The van der Waals surface area contributed by atoms with Crippen molar-refractivity contribution in [3.8, 4) is 0 Å². The fourth-order valence-electron chi connectivity index (χ4n) is 1.07. The lowest BCUT2D eigenvalue weighted by Gasteiger charge is -2.22. The number of nitrogens with two attached hydrogens (primary N) is 1. The van der Waals surface area contributed by atoms with Crippen LogP contribution in [-0.4, -0.2) is 21.3 Å². The van der Waals surface area contributed by atoms with Crippen LogP contribution >= 0.6 is 0 Å². The van der Waals surface area contributed by atoms with E-state index in [0.717, 1.165) is 12.2 Å². The molecule has 4 nitrogen and oxygen atoms in total. The number of hydrogen-bond acceptors (Lipinski definition) is 3. The molecule has 0 amide bonds. The summed E-state index contributed by atoms with van der Waals surface area (Å²) in [5.74, 6) is 0.938. The van der Waals surface area contributed by atoms with Crippen molar-refractivity contribution >= 4 is 0 Å². The van der Waals surface area contributed by atoms with Gasteiger partial charge in [-0.3, -0.25) is 4.68 Å². The molecule has 0 aliphatic heterocycles. The first-order chi connectivity index (χ1) is 6.11. The average molecular weight is 180 g/mol. The standard InChI is InChI=1S/C9H16N4/c1-4-9(2,6-10)5-8-11-7-12-13(8)3/h4,7H,1,5-6,10H2,2-3H3. The molecule has 0 saturated carbocycles. The average Bonchev–Trinajstić information content (AvgIpc) is 2.52. The van der Waals surface area contributed by atoms with Crippen LogP contribution in [0.1, 0.15) is 12.7 Å². The molecular formula is C9H16N4. The Labute approximate surface area is 78.5 Å². The zero-order valence-electron chi connectivity index (χ0n) is 8.20. The molecule has 1 aromatic rings. The Bertz CT molecular complexity index is 292. The Morgan fingerprint density at radius 1 is 1.77 bits per heavy atom. The van der Waals surface area contributed by atoms with Crippen LogP contribution in [0.5, 0.6) is 0 Å². The van der Waals surface area contributed by atoms with Gasteiger partial charge >= 0.3 is 0 Å². The fraction of sp³-hybridized carbons (Fsp3) is 0.556. The first kappa shape index (κ1) is 9.92. The van der Waals surface area contributed by atoms with Gasteiger partial charge in [0.15, 0.2) is 0 Å². The monoisotopic (exact) mass is 180 g/mol. The van der Waals surface area contributed by atoms with Gasteiger partial charge in [-0.15, -0.1) is 6.58 Å². The zero-order valence-corrected chi connectivity index (χ0v) is 8.20. The Morgan fingerprint density at radius 2 is 2.46 bits per heavy atom. The second kappa shape index (κ2) is 3.70. The molecule has 0 aromatic carbocycles. The van der Waals surface area contributed by atoms with Crippen LogP contribution in [-0.2, 0) is 13.5 Å². The minimum absolute atomic E-state index is 0.0825. The summed E-state index contributed by atoms with van der Waals surface area (Å²) < 4.78 is 1.76. The maximum absolute atomic E-state index is 5.66. The molecule has 1 heterocycles. The zero-order chi connectivity index (χ0) is 9.90. The molecule has 72 valence electrons. The van der Waals surface area contributed by atoms with Crippen LogP contribution in [0.25, 0.3) is 0 Å². The largest absolute Gasteiger partial charge is 0.330 e. The van der Waals surface area contributed by atoms with Crippen LogP contribution in [0.4, 0.5) is 0 Å². The van der Waals surface area contributed by atoms with Crippen LogP contribution in [0.2, 0.25) is 0 Å². The van der Waals surface area contributed by atoms with Gasteiger partial charge in [-0.2, -0.15) is 5.10 Å². The highest BCUT2D eigenvalue weighted by atomic mass is 15.3. The van der Waals surface area contributed by atoms with E-state index in [1.165, 1.54) is 0 Å². The lowest BCUT2D eigenvalue weighted by atomic mass is 9.87. The van der Waals surface area contributed by atoms with Gasteiger partial charge in [-0.1, -0.05) is 13.0 Å². The third-order valence-electron chi connectivity index (χ3n) is 2.33. The number of rotatable bonds is 4. The van der Waals surface area contributed by atoms with Gasteiger partial charge in [0.2, 0.25) is 0 Å². The van der Waals surface area contributed by atoms with Gasteiger partial charge in [-0.05, 0) is 0 Å². The number of aromatic nitrogens is 3. The number of hydrogen-bond donors (Lipinski definition) is 1. The van der Waals surface area contributed by atoms with Crippen molar-refractivity contribution < 1.29 is 0 Å². The quantitative estimate of drug-likeness (QED) is 0.687. The van der Waals surface area contributed by atoms with Crippen molar-refractivity contribution in [3.63, 3.8) is 0 Å². The van der Waals surface area contributed by atoms with E-state index in [9.17, 15) is 0 Å². The summed E-state index contributed by atoms with van der Waals surface area (Å²) in [5.41, 5.74) is 5.57. The van der Waals surface area contributed by atoms with Gasteiger partial charge in [-0.25, -0.2) is 4.98 Å². The Balaban J connectivity index is 2.78. The topological polar surface area (TPSA) is 56.7 Å². The van der Waals surface area contributed by atoms with E-state index >= 15 is 0 Å². The van der Waals surface area contributed by atoms with E-state index in [1.54, 1.807) is 11.0 Å². The van der Waals surface area contributed by atoms with Gasteiger partial charge in [0.25, 0.3) is 0 Å². The van der Waals surface area contributed by atoms with E-state index in [4.69, 9.17) is 5.73 Å². The molecule has 13 heavy (non-hydrogen) atoms. The summed E-state index contributed by atoms with van der Waals surface area (Å²) in [4.78, 5) is 4.15. The van der Waals surface area contributed by atoms with E-state index in [0.29, 0.717) is 6.54 Å². The van der Waals surface area contributed by atoms with Gasteiger partial charge in [0.1, 0.15) is 12.2 Å². The molecule has 0 bridgehead atoms. The summed E-state index contributed by atoms with van der Waals surface area (Å²) in [7, 11) is 1.88. The molecule has 4 heteroatoms. The number of nitrogens with zero attached hydrogens (tertiary/aromatic N) is 3. The molecule has 1 aromatic heterocycles. The lowest BCUT2D eigenvalue weighted by Crippen LogP contribution is -2.28. The van der Waals surface area contributed by atoms with Crippen molar-refractivity contribution in [1.29, 1.82) is 0 Å². The molecule has 0 spiro atoms. The minimum atomic E-state index is -0.0825. The maximum atomic E-state index is 5.66. The smallest absolute Gasteiger partial charge is 0.138 e. The second-order valence-electron chi connectivity index (χ2n) is 3.54. The Kier molecular flexibility index (Phi) is 2.83. The third kappa shape index (κ3) is 2.15. The molecule has 0 aliphatic rings. The van der Waals surface area contributed by atoms with Crippen LogP contribution in [0.3, 0.4) is 0 Å². The Hall–Kier alpha value is -1.16. The van der Waals surface area contributed by atoms with Crippen LogP contribution in [0, 0.1) is 5.41 Å². The molecular weight excluding hydrogens is 164 g/mol. The molecule has 1 rings (SSSR count). The van der Waals surface area contributed by atoms with Crippen molar-refractivity contribution in [3.05, 3.63) is 24.8 Å². The van der Waals surface area contributed by atoms with E-state index in [2.05, 4.69) is 23.6 Å². The maximum Gasteiger partial charge on any atom is 0.138 e. The second-order valence-corrected chi connectivity index (χ2v) is 3.54. The van der Waals surface area contributed by atoms with Crippen molar-refractivity contribution in [2.45, 2.75) is 13.3 Å². The fourth-order valence-corrected chi connectivity index (χ4v) is 1.07. The molecule has 0 saturated heterocycles. The van der Waals surface area contributed by atoms with Crippen LogP contribution < -0.4 is 5.73 Å².